The lowest BCUT2D eigenvalue weighted by Gasteiger charge is -2.08. The maximum absolute atomic E-state index is 12.1. The van der Waals surface area contributed by atoms with Gasteiger partial charge in [0, 0.05) is 11.6 Å². The number of amides is 1. The van der Waals surface area contributed by atoms with Gasteiger partial charge in [0.1, 0.15) is 5.75 Å². The summed E-state index contributed by atoms with van der Waals surface area (Å²) in [4.78, 5) is 11.9. The fourth-order valence-corrected chi connectivity index (χ4v) is 5.09. The highest BCUT2D eigenvalue weighted by Gasteiger charge is 2.19. The number of nitrogens with one attached hydrogen (secondary N) is 1. The number of carbonyl (C=O) groups excluding carboxylic acids is 1. The molecular weight excluding hydrogens is 410 g/mol. The van der Waals surface area contributed by atoms with Crippen molar-refractivity contribution in [1.82, 2.24) is 5.32 Å². The SMILES string of the molecule is O=C(CS(=O)(=O)c1ccc(Cl)cc1)NCCCS(=O)(=O)Cc1ccccc1. The van der Waals surface area contributed by atoms with Gasteiger partial charge in [0.15, 0.2) is 19.7 Å². The molecule has 2 rings (SSSR count). The van der Waals surface area contributed by atoms with Crippen molar-refractivity contribution in [2.24, 2.45) is 0 Å². The quantitative estimate of drug-likeness (QED) is 0.616. The number of hydrogen-bond donors (Lipinski definition) is 1. The first-order valence-corrected chi connectivity index (χ1v) is 12.0. The van der Waals surface area contributed by atoms with Crippen molar-refractivity contribution < 1.29 is 21.6 Å². The Morgan fingerprint density at radius 1 is 0.926 bits per heavy atom. The Morgan fingerprint density at radius 2 is 1.56 bits per heavy atom. The number of halogens is 1. The summed E-state index contributed by atoms with van der Waals surface area (Å²) in [5.74, 6) is -1.53. The molecule has 0 aliphatic carbocycles. The van der Waals surface area contributed by atoms with Crippen molar-refractivity contribution in [3.8, 4) is 0 Å². The molecule has 0 unspecified atom stereocenters. The van der Waals surface area contributed by atoms with Crippen LogP contribution in [0.1, 0.15) is 12.0 Å². The van der Waals surface area contributed by atoms with Crippen LogP contribution in [0, 0.1) is 0 Å². The van der Waals surface area contributed by atoms with Crippen LogP contribution in [0.25, 0.3) is 0 Å². The third-order valence-corrected chi connectivity index (χ3v) is 7.25. The average Bonchev–Trinajstić information content (AvgIpc) is 2.59. The molecule has 2 aromatic rings. The monoisotopic (exact) mass is 429 g/mol. The van der Waals surface area contributed by atoms with Gasteiger partial charge in [0.2, 0.25) is 5.91 Å². The highest BCUT2D eigenvalue weighted by Crippen LogP contribution is 2.15. The standard InChI is InChI=1S/C18H20ClNO5S2/c19-16-7-9-17(10-8-16)27(24,25)14-18(21)20-11-4-12-26(22,23)13-15-5-2-1-3-6-15/h1-3,5-10H,4,11-14H2,(H,20,21). The Hall–Kier alpha value is -1.90. The van der Waals surface area contributed by atoms with Gasteiger partial charge >= 0.3 is 0 Å². The van der Waals surface area contributed by atoms with E-state index in [9.17, 15) is 21.6 Å². The van der Waals surface area contributed by atoms with E-state index in [1.165, 1.54) is 24.3 Å². The molecule has 2 aromatic carbocycles. The maximum atomic E-state index is 12.1. The molecule has 0 atom stereocenters. The molecule has 0 fully saturated rings. The summed E-state index contributed by atoms with van der Waals surface area (Å²) in [6.07, 6.45) is 0.210. The van der Waals surface area contributed by atoms with Crippen LogP contribution in [0.2, 0.25) is 5.02 Å². The first kappa shape index (κ1) is 21.4. The predicted molar refractivity (Wildman–Crippen MR) is 105 cm³/mol. The Bertz CT molecular complexity index is 972. The van der Waals surface area contributed by atoms with Crippen LogP contribution in [0.5, 0.6) is 0 Å². The van der Waals surface area contributed by atoms with E-state index in [2.05, 4.69) is 5.32 Å². The molecule has 0 aromatic heterocycles. The van der Waals surface area contributed by atoms with Crippen molar-refractivity contribution in [2.45, 2.75) is 17.1 Å². The van der Waals surface area contributed by atoms with Crippen LogP contribution in [0.4, 0.5) is 0 Å². The van der Waals surface area contributed by atoms with Crippen molar-refractivity contribution in [1.29, 1.82) is 0 Å². The zero-order valence-electron chi connectivity index (χ0n) is 14.5. The zero-order chi connectivity index (χ0) is 19.9. The van der Waals surface area contributed by atoms with Crippen molar-refractivity contribution in [3.05, 3.63) is 65.2 Å². The van der Waals surface area contributed by atoms with Gasteiger partial charge in [-0.05, 0) is 36.2 Å². The minimum absolute atomic E-state index is 0.00693. The lowest BCUT2D eigenvalue weighted by molar-refractivity contribution is -0.118. The van der Waals surface area contributed by atoms with Gasteiger partial charge in [-0.2, -0.15) is 0 Å². The van der Waals surface area contributed by atoms with E-state index < -0.39 is 31.3 Å². The molecule has 146 valence electrons. The predicted octanol–water partition coefficient (Wildman–Crippen LogP) is 2.24. The zero-order valence-corrected chi connectivity index (χ0v) is 16.9. The van der Waals surface area contributed by atoms with E-state index in [0.29, 0.717) is 10.6 Å². The number of carbonyl (C=O) groups is 1. The van der Waals surface area contributed by atoms with Crippen molar-refractivity contribution in [3.63, 3.8) is 0 Å². The van der Waals surface area contributed by atoms with Gasteiger partial charge in [0.25, 0.3) is 0 Å². The topological polar surface area (TPSA) is 97.4 Å². The second-order valence-corrected chi connectivity index (χ2v) is 10.6. The lowest BCUT2D eigenvalue weighted by Crippen LogP contribution is -2.31. The summed E-state index contributed by atoms with van der Waals surface area (Å²) in [5, 5.41) is 2.85. The van der Waals surface area contributed by atoms with E-state index in [-0.39, 0.29) is 29.4 Å². The molecule has 0 saturated carbocycles. The first-order valence-electron chi connectivity index (χ1n) is 8.17. The first-order chi connectivity index (χ1) is 12.7. The molecule has 0 spiro atoms. The normalized spacial score (nSPS) is 11.9. The summed E-state index contributed by atoms with van der Waals surface area (Å²) < 4.78 is 48.4. The summed E-state index contributed by atoms with van der Waals surface area (Å²) in [6, 6.07) is 14.4. The van der Waals surface area contributed by atoms with Crippen LogP contribution in [-0.2, 0) is 30.2 Å². The molecule has 27 heavy (non-hydrogen) atoms. The van der Waals surface area contributed by atoms with Gasteiger partial charge in [0.05, 0.1) is 16.4 Å². The highest BCUT2D eigenvalue weighted by molar-refractivity contribution is 7.92. The lowest BCUT2D eigenvalue weighted by atomic mass is 10.2. The van der Waals surface area contributed by atoms with Gasteiger partial charge in [-0.25, -0.2) is 16.8 Å². The minimum atomic E-state index is -3.77. The third kappa shape index (κ3) is 7.32. The van der Waals surface area contributed by atoms with Crippen molar-refractivity contribution in [2.75, 3.05) is 18.1 Å². The smallest absolute Gasteiger partial charge is 0.235 e. The molecule has 9 heteroatoms. The van der Waals surface area contributed by atoms with Gasteiger partial charge < -0.3 is 5.32 Å². The Kier molecular flexibility index (Phi) is 7.41. The highest BCUT2D eigenvalue weighted by atomic mass is 35.5. The molecule has 1 N–H and O–H groups in total. The van der Waals surface area contributed by atoms with E-state index in [4.69, 9.17) is 11.6 Å². The van der Waals surface area contributed by atoms with Crippen LogP contribution in [-0.4, -0.2) is 40.8 Å². The Balaban J connectivity index is 1.78. The molecule has 0 saturated heterocycles. The molecule has 0 bridgehead atoms. The molecule has 6 nitrogen and oxygen atoms in total. The third-order valence-electron chi connectivity index (χ3n) is 3.68. The van der Waals surface area contributed by atoms with E-state index in [1.807, 2.05) is 6.07 Å². The molecule has 0 aliphatic heterocycles. The minimum Gasteiger partial charge on any atom is -0.355 e. The Labute approximate surface area is 164 Å². The average molecular weight is 430 g/mol. The van der Waals surface area contributed by atoms with E-state index in [1.54, 1.807) is 24.3 Å². The Morgan fingerprint density at radius 3 is 2.19 bits per heavy atom. The summed E-state index contributed by atoms with van der Waals surface area (Å²) in [5.41, 5.74) is 0.704. The van der Waals surface area contributed by atoms with Crippen LogP contribution < -0.4 is 5.32 Å². The number of sulfone groups is 2. The number of rotatable bonds is 9. The largest absolute Gasteiger partial charge is 0.355 e. The molecular formula is C18H20ClNO5S2. The van der Waals surface area contributed by atoms with Crippen LogP contribution in [0.15, 0.2) is 59.5 Å². The fraction of sp³-hybridized carbons (Fsp3) is 0.278. The maximum Gasteiger partial charge on any atom is 0.235 e. The van der Waals surface area contributed by atoms with Crippen molar-refractivity contribution >= 4 is 37.2 Å². The second-order valence-electron chi connectivity index (χ2n) is 5.99. The number of benzene rings is 2. The van der Waals surface area contributed by atoms with Crippen LogP contribution in [0.3, 0.4) is 0 Å². The van der Waals surface area contributed by atoms with E-state index in [0.717, 1.165) is 0 Å². The molecule has 0 heterocycles. The molecule has 0 aliphatic rings. The second kappa shape index (κ2) is 9.34. The number of hydrogen-bond acceptors (Lipinski definition) is 5. The summed E-state index contributed by atoms with van der Waals surface area (Å²) in [6.45, 7) is 0.0863. The summed E-state index contributed by atoms with van der Waals surface area (Å²) >= 11 is 5.72. The van der Waals surface area contributed by atoms with E-state index >= 15 is 0 Å². The molecule has 1 amide bonds. The van der Waals surface area contributed by atoms with Gasteiger partial charge in [-0.1, -0.05) is 41.9 Å². The summed E-state index contributed by atoms with van der Waals surface area (Å²) in [7, 11) is -7.07. The van der Waals surface area contributed by atoms with Gasteiger partial charge in [-0.3, -0.25) is 4.79 Å². The van der Waals surface area contributed by atoms with Gasteiger partial charge in [-0.15, -0.1) is 0 Å². The van der Waals surface area contributed by atoms with Crippen LogP contribution >= 0.6 is 11.6 Å². The molecule has 0 radical (unpaired) electrons. The fourth-order valence-electron chi connectivity index (χ4n) is 2.37.